The number of aromatic nitrogens is 4. The second-order valence-corrected chi connectivity index (χ2v) is 6.22. The fraction of sp³-hybridized carbons (Fsp3) is 0.500. The van der Waals surface area contributed by atoms with Crippen molar-refractivity contribution in [1.29, 1.82) is 0 Å². The summed E-state index contributed by atoms with van der Waals surface area (Å²) in [4.78, 5) is 42.7. The summed E-state index contributed by atoms with van der Waals surface area (Å²) in [6.07, 6.45) is -4.46. The number of phosphoric acid groups is 1. The minimum atomic E-state index is -5.26. The van der Waals surface area contributed by atoms with Crippen LogP contribution >= 0.6 is 7.82 Å². The average molecular weight is 361 g/mol. The van der Waals surface area contributed by atoms with E-state index in [-0.39, 0.29) is 17.1 Å². The molecule has 0 bridgehead atoms. The Kier molecular flexibility index (Phi) is 4.17. The molecule has 0 saturated carbocycles. The molecule has 14 heteroatoms. The number of imidazole rings is 1. The van der Waals surface area contributed by atoms with Gasteiger partial charge in [0.1, 0.15) is 18.3 Å². The zero-order valence-corrected chi connectivity index (χ0v) is 12.7. The molecule has 1 fully saturated rings. The number of nitrogens with two attached hydrogens (primary N) is 1. The molecule has 0 radical (unpaired) electrons. The van der Waals surface area contributed by atoms with Gasteiger partial charge in [0.2, 0.25) is 5.95 Å². The first kappa shape index (κ1) is 17.0. The first-order chi connectivity index (χ1) is 11.2. The predicted octanol–water partition coefficient (Wildman–Crippen LogP) is -3.83. The third-order valence-corrected chi connectivity index (χ3v) is 3.92. The molecule has 0 amide bonds. The van der Waals surface area contributed by atoms with Gasteiger partial charge in [0.05, 0.1) is 20.8 Å². The monoisotopic (exact) mass is 361 g/mol. The molecule has 13 nitrogen and oxygen atoms in total. The highest BCUT2D eigenvalue weighted by molar-refractivity contribution is 7.43. The second kappa shape index (κ2) is 5.89. The van der Waals surface area contributed by atoms with Crippen molar-refractivity contribution < 1.29 is 33.8 Å². The third kappa shape index (κ3) is 3.06. The summed E-state index contributed by atoms with van der Waals surface area (Å²) < 4.78 is 21.0. The van der Waals surface area contributed by atoms with Crippen molar-refractivity contribution in [3.63, 3.8) is 0 Å². The SMILES string of the molecule is Nc1nc2c(ncn2[C@H]2O[C@@H](COP(=O)([O-])[O-])[C@H](O)[C@@H]2O)c(=O)[nH]1. The van der Waals surface area contributed by atoms with Crippen LogP contribution in [0.15, 0.2) is 11.1 Å². The maximum Gasteiger partial charge on any atom is 0.280 e. The van der Waals surface area contributed by atoms with Crippen LogP contribution < -0.4 is 21.1 Å². The fourth-order valence-electron chi connectivity index (χ4n) is 2.39. The van der Waals surface area contributed by atoms with Gasteiger partial charge in [-0.3, -0.25) is 14.3 Å². The highest BCUT2D eigenvalue weighted by Gasteiger charge is 2.44. The summed E-state index contributed by atoms with van der Waals surface area (Å²) >= 11 is 0. The van der Waals surface area contributed by atoms with Crippen molar-refractivity contribution in [3.05, 3.63) is 16.7 Å². The summed E-state index contributed by atoms with van der Waals surface area (Å²) in [5, 5.41) is 20.0. The number of phosphoric ester groups is 1. The van der Waals surface area contributed by atoms with E-state index < -0.39 is 44.5 Å². The number of rotatable bonds is 4. The van der Waals surface area contributed by atoms with E-state index in [1.165, 1.54) is 0 Å². The number of ether oxygens (including phenoxy) is 1. The van der Waals surface area contributed by atoms with E-state index in [1.54, 1.807) is 0 Å². The van der Waals surface area contributed by atoms with Gasteiger partial charge in [0.15, 0.2) is 17.4 Å². The Labute approximate surface area is 132 Å². The molecule has 0 aromatic carbocycles. The molecular weight excluding hydrogens is 349 g/mol. The summed E-state index contributed by atoms with van der Waals surface area (Å²) in [7, 11) is -5.26. The molecule has 0 spiro atoms. The number of hydrogen-bond donors (Lipinski definition) is 4. The fourth-order valence-corrected chi connectivity index (χ4v) is 2.72. The van der Waals surface area contributed by atoms with Crippen molar-refractivity contribution >= 4 is 24.9 Å². The molecule has 2 aromatic heterocycles. The number of aliphatic hydroxyl groups excluding tert-OH is 2. The van der Waals surface area contributed by atoms with Gasteiger partial charge in [-0.1, -0.05) is 0 Å². The number of nitrogens with one attached hydrogen (secondary N) is 1. The van der Waals surface area contributed by atoms with Crippen LogP contribution in [0.25, 0.3) is 11.2 Å². The normalized spacial score (nSPS) is 27.8. The standard InChI is InChI=1S/C10H14N5O8P/c11-10-13-7-4(8(18)14-10)12-2-15(7)9-6(17)5(16)3(23-9)1-22-24(19,20)21/h2-3,5-6,9,16-17H,1H2,(H2,19,20,21)(H3,11,13,14,18)/p-2/t3-,5-,6-,9-/m0/s1. The molecule has 1 aliphatic rings. The Balaban J connectivity index is 1.90. The smallest absolute Gasteiger partial charge is 0.280 e. The van der Waals surface area contributed by atoms with Gasteiger partial charge in [-0.25, -0.2) is 4.98 Å². The minimum absolute atomic E-state index is 0.00705. The molecule has 132 valence electrons. The van der Waals surface area contributed by atoms with Crippen molar-refractivity contribution in [1.82, 2.24) is 19.5 Å². The molecule has 0 aliphatic carbocycles. The molecule has 3 heterocycles. The number of hydrogen-bond acceptors (Lipinski definition) is 11. The molecule has 1 aliphatic heterocycles. The minimum Gasteiger partial charge on any atom is -0.790 e. The lowest BCUT2D eigenvalue weighted by Gasteiger charge is -2.30. The summed E-state index contributed by atoms with van der Waals surface area (Å²) in [5.41, 5.74) is 4.77. The molecule has 4 atom stereocenters. The van der Waals surface area contributed by atoms with Crippen LogP contribution in [0.1, 0.15) is 6.23 Å². The lowest BCUT2D eigenvalue weighted by Crippen LogP contribution is -2.34. The molecular formula is C10H12N5O8P-2. The van der Waals surface area contributed by atoms with Crippen molar-refractivity contribution in [2.45, 2.75) is 24.5 Å². The summed E-state index contributed by atoms with van der Waals surface area (Å²) in [5.74, 6) is -0.194. The number of H-pyrrole nitrogens is 1. The first-order valence-corrected chi connectivity index (χ1v) is 8.04. The second-order valence-electron chi connectivity index (χ2n) is 5.06. The molecule has 24 heavy (non-hydrogen) atoms. The van der Waals surface area contributed by atoms with Gasteiger partial charge in [0, 0.05) is 0 Å². The van der Waals surface area contributed by atoms with Gasteiger partial charge >= 0.3 is 0 Å². The van der Waals surface area contributed by atoms with Crippen LogP contribution in [0, 0.1) is 0 Å². The van der Waals surface area contributed by atoms with Gasteiger partial charge in [-0.05, 0) is 0 Å². The van der Waals surface area contributed by atoms with E-state index in [0.717, 1.165) is 10.9 Å². The third-order valence-electron chi connectivity index (χ3n) is 3.46. The van der Waals surface area contributed by atoms with Crippen molar-refractivity contribution in [3.8, 4) is 0 Å². The first-order valence-electron chi connectivity index (χ1n) is 6.58. The Morgan fingerprint density at radius 1 is 1.46 bits per heavy atom. The Bertz CT molecular complexity index is 861. The van der Waals surface area contributed by atoms with E-state index >= 15 is 0 Å². The van der Waals surface area contributed by atoms with E-state index in [2.05, 4.69) is 19.5 Å². The van der Waals surface area contributed by atoms with Crippen LogP contribution in [0.2, 0.25) is 0 Å². The van der Waals surface area contributed by atoms with Gasteiger partial charge in [-0.15, -0.1) is 0 Å². The van der Waals surface area contributed by atoms with E-state index in [4.69, 9.17) is 10.5 Å². The Morgan fingerprint density at radius 2 is 2.17 bits per heavy atom. The maximum absolute atomic E-state index is 11.7. The Hall–Kier alpha value is -1.86. The summed E-state index contributed by atoms with van der Waals surface area (Å²) in [6, 6.07) is 0. The van der Waals surface area contributed by atoms with Crippen molar-refractivity contribution in [2.75, 3.05) is 12.3 Å². The molecule has 5 N–H and O–H groups in total. The van der Waals surface area contributed by atoms with E-state index in [1.807, 2.05) is 0 Å². The molecule has 1 saturated heterocycles. The zero-order chi connectivity index (χ0) is 17.6. The molecule has 3 rings (SSSR count). The van der Waals surface area contributed by atoms with Crippen LogP contribution in [0.5, 0.6) is 0 Å². The molecule has 2 aromatic rings. The number of fused-ring (bicyclic) bond motifs is 1. The van der Waals surface area contributed by atoms with E-state index in [0.29, 0.717) is 0 Å². The van der Waals surface area contributed by atoms with Gasteiger partial charge in [-0.2, -0.15) is 4.98 Å². The van der Waals surface area contributed by atoms with Gasteiger partial charge < -0.3 is 39.6 Å². The van der Waals surface area contributed by atoms with Crippen LogP contribution in [-0.2, 0) is 13.8 Å². The largest absolute Gasteiger partial charge is 0.790 e. The zero-order valence-electron chi connectivity index (χ0n) is 11.8. The van der Waals surface area contributed by atoms with Crippen molar-refractivity contribution in [2.24, 2.45) is 0 Å². The number of nitrogens with zero attached hydrogens (tertiary/aromatic N) is 3. The lowest BCUT2D eigenvalue weighted by atomic mass is 10.1. The van der Waals surface area contributed by atoms with E-state index in [9.17, 15) is 29.4 Å². The average Bonchev–Trinajstić information content (AvgIpc) is 3.00. The van der Waals surface area contributed by atoms with Gasteiger partial charge in [0.25, 0.3) is 5.56 Å². The number of anilines is 1. The lowest BCUT2D eigenvalue weighted by molar-refractivity contribution is -0.343. The quantitative estimate of drug-likeness (QED) is 0.387. The topological polar surface area (TPSA) is 212 Å². The maximum atomic E-state index is 11.7. The predicted molar refractivity (Wildman–Crippen MR) is 72.0 cm³/mol. The highest BCUT2D eigenvalue weighted by atomic mass is 31.2. The highest BCUT2D eigenvalue weighted by Crippen LogP contribution is 2.33. The number of aliphatic hydroxyl groups is 2. The number of aromatic amines is 1. The van der Waals surface area contributed by atoms with Crippen LogP contribution in [0.4, 0.5) is 5.95 Å². The number of nitrogen functional groups attached to an aromatic ring is 1. The Morgan fingerprint density at radius 3 is 2.83 bits per heavy atom. The van der Waals surface area contributed by atoms with Crippen LogP contribution in [-0.4, -0.2) is 54.7 Å². The van der Waals surface area contributed by atoms with Crippen LogP contribution in [0.3, 0.4) is 0 Å². The molecule has 0 unspecified atom stereocenters. The summed E-state index contributed by atoms with van der Waals surface area (Å²) in [6.45, 7) is -0.776.